The van der Waals surface area contributed by atoms with Crippen molar-refractivity contribution in [1.29, 1.82) is 0 Å². The molecule has 1 amide bonds. The van der Waals surface area contributed by atoms with Gasteiger partial charge in [-0.1, -0.05) is 6.92 Å². The van der Waals surface area contributed by atoms with Gasteiger partial charge in [0.15, 0.2) is 0 Å². The third-order valence-corrected chi connectivity index (χ3v) is 4.13. The molecule has 0 bridgehead atoms. The van der Waals surface area contributed by atoms with E-state index in [4.69, 9.17) is 5.11 Å². The Morgan fingerprint density at radius 3 is 2.44 bits per heavy atom. The fourth-order valence-electron chi connectivity index (χ4n) is 2.76. The fraction of sp³-hybridized carbons (Fsp3) is 0.929. The van der Waals surface area contributed by atoms with Gasteiger partial charge in [0.25, 0.3) is 0 Å². The van der Waals surface area contributed by atoms with E-state index in [0.717, 1.165) is 32.4 Å². The van der Waals surface area contributed by atoms with Crippen LogP contribution in [0.15, 0.2) is 0 Å². The van der Waals surface area contributed by atoms with Crippen LogP contribution in [-0.4, -0.2) is 48.2 Å². The predicted molar refractivity (Wildman–Crippen MR) is 73.4 cm³/mol. The summed E-state index contributed by atoms with van der Waals surface area (Å²) in [5, 5.41) is 12.3. The van der Waals surface area contributed by atoms with E-state index in [1.807, 2.05) is 4.90 Å². The van der Waals surface area contributed by atoms with Crippen LogP contribution in [-0.2, 0) is 4.79 Å². The number of carbonyl (C=O) groups is 1. The van der Waals surface area contributed by atoms with Crippen LogP contribution in [0.5, 0.6) is 0 Å². The zero-order chi connectivity index (χ0) is 13.6. The Hall–Kier alpha value is -0.610. The lowest BCUT2D eigenvalue weighted by atomic mass is 9.75. The summed E-state index contributed by atoms with van der Waals surface area (Å²) >= 11 is 0. The van der Waals surface area contributed by atoms with Crippen molar-refractivity contribution in [1.82, 2.24) is 10.2 Å². The monoisotopic (exact) mass is 256 g/mol. The second-order valence-corrected chi connectivity index (χ2v) is 5.55. The Bertz CT molecular complexity index is 261. The van der Waals surface area contributed by atoms with Crippen LogP contribution in [0.25, 0.3) is 0 Å². The highest BCUT2D eigenvalue weighted by Gasteiger charge is 2.40. The molecular weight excluding hydrogens is 228 g/mol. The average molecular weight is 256 g/mol. The molecule has 106 valence electrons. The lowest BCUT2D eigenvalue weighted by Gasteiger charge is -2.41. The number of aliphatic hydroxyl groups excluding tert-OH is 1. The number of rotatable bonds is 6. The summed E-state index contributed by atoms with van der Waals surface area (Å²) < 4.78 is 0. The Morgan fingerprint density at radius 2 is 2.00 bits per heavy atom. The minimum absolute atomic E-state index is 0.150. The van der Waals surface area contributed by atoms with E-state index >= 15 is 0 Å². The normalized spacial score (nSPS) is 18.9. The van der Waals surface area contributed by atoms with E-state index in [-0.39, 0.29) is 24.0 Å². The summed E-state index contributed by atoms with van der Waals surface area (Å²) in [5.74, 6) is 0.287. The van der Waals surface area contributed by atoms with Crippen molar-refractivity contribution in [3.63, 3.8) is 0 Å². The Kier molecular flexibility index (Phi) is 6.09. The average Bonchev–Trinajstić information content (AvgIpc) is 2.39. The van der Waals surface area contributed by atoms with Gasteiger partial charge in [-0.3, -0.25) is 4.79 Å². The van der Waals surface area contributed by atoms with Gasteiger partial charge in [0, 0.05) is 19.2 Å². The molecule has 0 aromatic carbocycles. The van der Waals surface area contributed by atoms with Gasteiger partial charge in [-0.15, -0.1) is 0 Å². The van der Waals surface area contributed by atoms with Crippen molar-refractivity contribution in [3.05, 3.63) is 0 Å². The molecule has 1 saturated heterocycles. The first kappa shape index (κ1) is 15.4. The lowest BCUT2D eigenvalue weighted by molar-refractivity contribution is -0.146. The molecule has 0 unspecified atom stereocenters. The number of amides is 1. The van der Waals surface area contributed by atoms with Crippen molar-refractivity contribution < 1.29 is 9.90 Å². The third-order valence-electron chi connectivity index (χ3n) is 4.13. The molecule has 0 spiro atoms. The van der Waals surface area contributed by atoms with Crippen LogP contribution < -0.4 is 5.32 Å². The van der Waals surface area contributed by atoms with E-state index in [9.17, 15) is 4.79 Å². The minimum Gasteiger partial charge on any atom is -0.396 e. The smallest absolute Gasteiger partial charge is 0.229 e. The summed E-state index contributed by atoms with van der Waals surface area (Å²) in [4.78, 5) is 14.8. The molecule has 4 nitrogen and oxygen atoms in total. The first-order valence-electron chi connectivity index (χ1n) is 7.20. The molecule has 1 aliphatic rings. The maximum Gasteiger partial charge on any atom is 0.229 e. The van der Waals surface area contributed by atoms with Crippen LogP contribution in [0.1, 0.15) is 46.5 Å². The first-order valence-corrected chi connectivity index (χ1v) is 7.20. The number of piperidine rings is 1. The van der Waals surface area contributed by atoms with Gasteiger partial charge in [-0.25, -0.2) is 0 Å². The quantitative estimate of drug-likeness (QED) is 0.755. The standard InChI is InChI=1S/C14H28N2O2/c1-4-14(6-8-15-9-7-14)13(18)16(12(2)3)10-5-11-17/h12,15,17H,4-11H2,1-3H3. The topological polar surface area (TPSA) is 52.6 Å². The molecule has 0 radical (unpaired) electrons. The van der Waals surface area contributed by atoms with E-state index in [1.165, 1.54) is 0 Å². The number of nitrogens with zero attached hydrogens (tertiary/aromatic N) is 1. The summed E-state index contributed by atoms with van der Waals surface area (Å²) in [7, 11) is 0. The van der Waals surface area contributed by atoms with Crippen LogP contribution in [0.3, 0.4) is 0 Å². The van der Waals surface area contributed by atoms with Gasteiger partial charge in [0.05, 0.1) is 5.41 Å². The molecule has 0 aromatic heterocycles. The highest BCUT2D eigenvalue weighted by molar-refractivity contribution is 5.83. The van der Waals surface area contributed by atoms with Crippen molar-refractivity contribution in [3.8, 4) is 0 Å². The van der Waals surface area contributed by atoms with Crippen molar-refractivity contribution in [2.24, 2.45) is 5.41 Å². The second-order valence-electron chi connectivity index (χ2n) is 5.55. The predicted octanol–water partition coefficient (Wildman–Crippen LogP) is 1.39. The van der Waals surface area contributed by atoms with Crippen molar-refractivity contribution in [2.45, 2.75) is 52.5 Å². The maximum atomic E-state index is 12.8. The van der Waals surface area contributed by atoms with Gasteiger partial charge in [-0.2, -0.15) is 0 Å². The first-order chi connectivity index (χ1) is 8.57. The number of nitrogens with one attached hydrogen (secondary N) is 1. The molecule has 0 saturated carbocycles. The molecule has 1 aliphatic heterocycles. The highest BCUT2D eigenvalue weighted by Crippen LogP contribution is 2.35. The molecule has 1 heterocycles. The number of aliphatic hydroxyl groups is 1. The molecular formula is C14H28N2O2. The zero-order valence-corrected chi connectivity index (χ0v) is 12.0. The zero-order valence-electron chi connectivity index (χ0n) is 12.0. The summed E-state index contributed by atoms with van der Waals surface area (Å²) in [6, 6.07) is 0.211. The minimum atomic E-state index is -0.176. The number of hydrogen-bond acceptors (Lipinski definition) is 3. The summed E-state index contributed by atoms with van der Waals surface area (Å²) in [6.45, 7) is 8.92. The summed E-state index contributed by atoms with van der Waals surface area (Å²) in [5.41, 5.74) is -0.176. The van der Waals surface area contributed by atoms with E-state index < -0.39 is 0 Å². The highest BCUT2D eigenvalue weighted by atomic mass is 16.3. The Morgan fingerprint density at radius 1 is 1.39 bits per heavy atom. The van der Waals surface area contributed by atoms with Crippen LogP contribution in [0, 0.1) is 5.41 Å². The van der Waals surface area contributed by atoms with Gasteiger partial charge in [0.2, 0.25) is 5.91 Å². The van der Waals surface area contributed by atoms with Crippen LogP contribution >= 0.6 is 0 Å². The fourth-order valence-corrected chi connectivity index (χ4v) is 2.76. The van der Waals surface area contributed by atoms with Crippen molar-refractivity contribution >= 4 is 5.91 Å². The van der Waals surface area contributed by atoms with Gasteiger partial charge in [0.1, 0.15) is 0 Å². The Balaban J connectivity index is 2.78. The molecule has 0 aromatic rings. The van der Waals surface area contributed by atoms with E-state index in [0.29, 0.717) is 13.0 Å². The van der Waals surface area contributed by atoms with E-state index in [2.05, 4.69) is 26.1 Å². The largest absolute Gasteiger partial charge is 0.396 e. The molecule has 18 heavy (non-hydrogen) atoms. The lowest BCUT2D eigenvalue weighted by Crippen LogP contribution is -2.51. The van der Waals surface area contributed by atoms with Crippen molar-refractivity contribution in [2.75, 3.05) is 26.2 Å². The van der Waals surface area contributed by atoms with Gasteiger partial charge >= 0.3 is 0 Å². The molecule has 2 N–H and O–H groups in total. The van der Waals surface area contributed by atoms with Crippen LogP contribution in [0.4, 0.5) is 0 Å². The SMILES string of the molecule is CCC1(C(=O)N(CCCO)C(C)C)CCNCC1. The number of hydrogen-bond donors (Lipinski definition) is 2. The maximum absolute atomic E-state index is 12.8. The second kappa shape index (κ2) is 7.10. The molecule has 1 fully saturated rings. The van der Waals surface area contributed by atoms with Crippen LogP contribution in [0.2, 0.25) is 0 Å². The van der Waals surface area contributed by atoms with Gasteiger partial charge < -0.3 is 15.3 Å². The molecule has 1 rings (SSSR count). The Labute approximate surface area is 111 Å². The van der Waals surface area contributed by atoms with Gasteiger partial charge in [-0.05, 0) is 52.6 Å². The molecule has 0 atom stereocenters. The summed E-state index contributed by atoms with van der Waals surface area (Å²) in [6.07, 6.45) is 3.45. The van der Waals surface area contributed by atoms with E-state index in [1.54, 1.807) is 0 Å². The third kappa shape index (κ3) is 3.45. The molecule has 0 aliphatic carbocycles. The molecule has 4 heteroatoms. The number of carbonyl (C=O) groups excluding carboxylic acids is 1.